The lowest BCUT2D eigenvalue weighted by molar-refractivity contribution is 0.187. The highest BCUT2D eigenvalue weighted by Gasteiger charge is 2.42. The summed E-state index contributed by atoms with van der Waals surface area (Å²) in [5.74, 6) is -1.64. The van der Waals surface area contributed by atoms with E-state index in [0.717, 1.165) is 62.6 Å². The number of hydrogen-bond donors (Lipinski definition) is 2. The van der Waals surface area contributed by atoms with Crippen molar-refractivity contribution in [1.82, 2.24) is 20.4 Å². The maximum absolute atomic E-state index is 15.3. The van der Waals surface area contributed by atoms with Crippen LogP contribution >= 0.6 is 0 Å². The number of amides is 2. The van der Waals surface area contributed by atoms with Crippen molar-refractivity contribution >= 4 is 17.9 Å². The largest absolute Gasteiger partial charge is 0.493 e. The number of hydrogen-bond acceptors (Lipinski definition) is 7. The molecule has 9 nitrogen and oxygen atoms in total. The Morgan fingerprint density at radius 3 is 2.42 bits per heavy atom. The molecule has 2 amide bonds. The van der Waals surface area contributed by atoms with Crippen molar-refractivity contribution in [1.29, 1.82) is 0 Å². The Kier molecular flexibility index (Phi) is 8.30. The minimum atomic E-state index is -0.947. The minimum Gasteiger partial charge on any atom is -0.493 e. The standard InChI is InChI=1S/C25H36F2N6O3/c1-31(2)12-8-7-11-28-24-29-14-16-15-32(22-20(26)18(35-3)13-19(36-4)21(22)27)25(34)33(23(16)30-24)17-9-5-6-10-17/h13-14,17,24,28,30H,5-12,15H2,1-4H3. The summed E-state index contributed by atoms with van der Waals surface area (Å²) in [5, 5.41) is 6.74. The zero-order valence-electron chi connectivity index (χ0n) is 21.4. The van der Waals surface area contributed by atoms with Crippen molar-refractivity contribution in [3.05, 3.63) is 29.1 Å². The van der Waals surface area contributed by atoms with Crippen LogP contribution in [0.3, 0.4) is 0 Å². The third kappa shape index (κ3) is 5.27. The summed E-state index contributed by atoms with van der Waals surface area (Å²) in [7, 11) is 6.67. The van der Waals surface area contributed by atoms with Gasteiger partial charge in [0.15, 0.2) is 29.4 Å². The fourth-order valence-corrected chi connectivity index (χ4v) is 4.97. The lowest BCUT2D eigenvalue weighted by Crippen LogP contribution is -2.59. The summed E-state index contributed by atoms with van der Waals surface area (Å²) < 4.78 is 40.9. The van der Waals surface area contributed by atoms with E-state index in [1.54, 1.807) is 11.1 Å². The molecule has 1 fully saturated rings. The predicted octanol–water partition coefficient (Wildman–Crippen LogP) is 3.27. The van der Waals surface area contributed by atoms with E-state index in [0.29, 0.717) is 11.4 Å². The van der Waals surface area contributed by atoms with Gasteiger partial charge in [-0.3, -0.25) is 20.1 Å². The van der Waals surface area contributed by atoms with Gasteiger partial charge < -0.3 is 19.7 Å². The molecule has 2 N–H and O–H groups in total. The maximum Gasteiger partial charge on any atom is 0.330 e. The molecule has 36 heavy (non-hydrogen) atoms. The first-order chi connectivity index (χ1) is 17.3. The molecule has 3 aliphatic rings. The van der Waals surface area contributed by atoms with Crippen molar-refractivity contribution in [2.75, 3.05) is 52.8 Å². The fraction of sp³-hybridized carbons (Fsp3) is 0.600. The van der Waals surface area contributed by atoms with Crippen molar-refractivity contribution < 1.29 is 23.0 Å². The van der Waals surface area contributed by atoms with Gasteiger partial charge in [0.2, 0.25) is 0 Å². The number of urea groups is 1. The molecule has 0 saturated heterocycles. The first-order valence-corrected chi connectivity index (χ1v) is 12.5. The predicted molar refractivity (Wildman–Crippen MR) is 135 cm³/mol. The zero-order valence-corrected chi connectivity index (χ0v) is 21.4. The molecule has 1 aromatic carbocycles. The molecule has 1 aliphatic carbocycles. The Morgan fingerprint density at radius 1 is 1.14 bits per heavy atom. The number of unbranched alkanes of at least 4 members (excludes halogenated alkanes) is 1. The Hall–Kier alpha value is -2.92. The van der Waals surface area contributed by atoms with Gasteiger partial charge >= 0.3 is 6.03 Å². The molecular weight excluding hydrogens is 470 g/mol. The molecule has 0 spiro atoms. The van der Waals surface area contributed by atoms with Gasteiger partial charge in [-0.15, -0.1) is 0 Å². The normalized spacial score (nSPS) is 20.3. The number of carbonyl (C=O) groups excluding carboxylic acids is 1. The smallest absolute Gasteiger partial charge is 0.330 e. The number of halogens is 2. The highest BCUT2D eigenvalue weighted by molar-refractivity contribution is 5.99. The number of nitrogens with zero attached hydrogens (tertiary/aromatic N) is 4. The molecular formula is C25H36F2N6O3. The van der Waals surface area contributed by atoms with Gasteiger partial charge in [0.25, 0.3) is 0 Å². The van der Waals surface area contributed by atoms with E-state index in [9.17, 15) is 4.79 Å². The number of rotatable bonds is 10. The van der Waals surface area contributed by atoms with Gasteiger partial charge in [-0.05, 0) is 52.9 Å². The maximum atomic E-state index is 15.3. The van der Waals surface area contributed by atoms with Crippen LogP contribution in [0.1, 0.15) is 38.5 Å². The molecule has 0 aromatic heterocycles. The lowest BCUT2D eigenvalue weighted by Gasteiger charge is -2.43. The SMILES string of the molecule is COc1cc(OC)c(F)c(N2CC3=C(NC(NCCCCN(C)C)N=C3)N(C3CCCC3)C2=O)c1F. The second-order valence-corrected chi connectivity index (χ2v) is 9.60. The van der Waals surface area contributed by atoms with Crippen molar-refractivity contribution in [2.24, 2.45) is 4.99 Å². The van der Waals surface area contributed by atoms with E-state index in [1.165, 1.54) is 14.2 Å². The number of nitrogens with one attached hydrogen (secondary N) is 2. The van der Waals surface area contributed by atoms with Crippen molar-refractivity contribution in [2.45, 2.75) is 50.9 Å². The van der Waals surface area contributed by atoms with Gasteiger partial charge in [0.05, 0.1) is 20.8 Å². The third-order valence-corrected chi connectivity index (χ3v) is 6.84. The molecule has 1 atom stereocenters. The molecule has 11 heteroatoms. The molecule has 0 radical (unpaired) electrons. The van der Waals surface area contributed by atoms with Crippen LogP contribution in [0.5, 0.6) is 11.5 Å². The van der Waals surface area contributed by atoms with Crippen LogP contribution in [0.4, 0.5) is 19.3 Å². The average molecular weight is 507 g/mol. The van der Waals surface area contributed by atoms with E-state index in [4.69, 9.17) is 9.47 Å². The van der Waals surface area contributed by atoms with Gasteiger partial charge in [0, 0.05) is 23.9 Å². The van der Waals surface area contributed by atoms with Crippen LogP contribution in [0, 0.1) is 11.6 Å². The first-order valence-electron chi connectivity index (χ1n) is 12.5. The molecule has 0 bridgehead atoms. The highest BCUT2D eigenvalue weighted by Crippen LogP contribution is 2.40. The molecule has 1 aromatic rings. The molecule has 198 valence electrons. The highest BCUT2D eigenvalue weighted by atomic mass is 19.1. The fourth-order valence-electron chi connectivity index (χ4n) is 4.97. The Bertz CT molecular complexity index is 997. The van der Waals surface area contributed by atoms with E-state index >= 15 is 8.78 Å². The number of carbonyl (C=O) groups is 1. The monoisotopic (exact) mass is 506 g/mol. The Labute approximate surface area is 211 Å². The Balaban J connectivity index is 1.61. The molecule has 4 rings (SSSR count). The number of benzene rings is 1. The van der Waals surface area contributed by atoms with Crippen LogP contribution in [0.2, 0.25) is 0 Å². The second-order valence-electron chi connectivity index (χ2n) is 9.60. The third-order valence-electron chi connectivity index (χ3n) is 6.84. The summed E-state index contributed by atoms with van der Waals surface area (Å²) in [6.07, 6.45) is 7.01. The van der Waals surface area contributed by atoms with Crippen LogP contribution in [0.25, 0.3) is 0 Å². The summed E-state index contributed by atoms with van der Waals surface area (Å²) in [6.45, 7) is 1.75. The first kappa shape index (κ1) is 26.2. The number of ether oxygens (including phenoxy) is 2. The van der Waals surface area contributed by atoms with E-state index in [-0.39, 0.29) is 30.4 Å². The molecule has 2 aliphatic heterocycles. The molecule has 1 unspecified atom stereocenters. The van der Waals surface area contributed by atoms with Gasteiger partial charge in [0.1, 0.15) is 11.5 Å². The van der Waals surface area contributed by atoms with Crippen LogP contribution in [0.15, 0.2) is 22.5 Å². The zero-order chi connectivity index (χ0) is 25.8. The number of anilines is 1. The van der Waals surface area contributed by atoms with E-state index < -0.39 is 23.4 Å². The van der Waals surface area contributed by atoms with Crippen LogP contribution < -0.4 is 25.0 Å². The van der Waals surface area contributed by atoms with Gasteiger partial charge in [-0.2, -0.15) is 0 Å². The van der Waals surface area contributed by atoms with Crippen LogP contribution in [-0.4, -0.2) is 82.3 Å². The topological polar surface area (TPSA) is 81.7 Å². The van der Waals surface area contributed by atoms with E-state index in [1.807, 2.05) is 0 Å². The molecule has 1 saturated carbocycles. The second kappa shape index (κ2) is 11.4. The van der Waals surface area contributed by atoms with Gasteiger partial charge in [-0.25, -0.2) is 13.6 Å². The number of methoxy groups -OCH3 is 2. The minimum absolute atomic E-state index is 0.0341. The number of aliphatic imine (C=N–C) groups is 1. The lowest BCUT2D eigenvalue weighted by atomic mass is 10.1. The summed E-state index contributed by atoms with van der Waals surface area (Å²) >= 11 is 0. The summed E-state index contributed by atoms with van der Waals surface area (Å²) in [4.78, 5) is 23.3. The van der Waals surface area contributed by atoms with Crippen molar-refractivity contribution in [3.63, 3.8) is 0 Å². The van der Waals surface area contributed by atoms with E-state index in [2.05, 4.69) is 34.6 Å². The average Bonchev–Trinajstić information content (AvgIpc) is 3.38. The molecule has 2 heterocycles. The Morgan fingerprint density at radius 2 is 1.81 bits per heavy atom. The summed E-state index contributed by atoms with van der Waals surface area (Å²) in [6, 6.07) is 0.588. The quantitative estimate of drug-likeness (QED) is 0.474. The summed E-state index contributed by atoms with van der Waals surface area (Å²) in [5.41, 5.74) is 0.202. The van der Waals surface area contributed by atoms with Crippen LogP contribution in [-0.2, 0) is 0 Å². The van der Waals surface area contributed by atoms with Gasteiger partial charge in [-0.1, -0.05) is 12.8 Å². The van der Waals surface area contributed by atoms with Crippen molar-refractivity contribution in [3.8, 4) is 11.5 Å².